The second-order valence-corrected chi connectivity index (χ2v) is 5.58. The number of methoxy groups -OCH3 is 1. The van der Waals surface area contributed by atoms with Crippen molar-refractivity contribution in [2.75, 3.05) is 31.2 Å². The van der Waals surface area contributed by atoms with Gasteiger partial charge in [-0.25, -0.2) is 0 Å². The van der Waals surface area contributed by atoms with Gasteiger partial charge in [-0.2, -0.15) is 0 Å². The van der Waals surface area contributed by atoms with Gasteiger partial charge < -0.3 is 15.8 Å². The van der Waals surface area contributed by atoms with Crippen LogP contribution in [0, 0.1) is 0 Å². The number of anilines is 2. The Balaban J connectivity index is 2.04. The van der Waals surface area contributed by atoms with Crippen LogP contribution >= 0.6 is 0 Å². The normalized spacial score (nSPS) is 17.8. The van der Waals surface area contributed by atoms with Crippen molar-refractivity contribution < 1.29 is 9.53 Å². The van der Waals surface area contributed by atoms with Gasteiger partial charge in [0, 0.05) is 5.69 Å². The summed E-state index contributed by atoms with van der Waals surface area (Å²) in [5, 5.41) is 2.93. The van der Waals surface area contributed by atoms with Gasteiger partial charge in [0.2, 0.25) is 5.91 Å². The van der Waals surface area contributed by atoms with E-state index in [4.69, 9.17) is 10.5 Å². The number of likely N-dealkylation sites (tertiary alicyclic amines) is 1. The number of carbonyl (C=O) groups is 1. The van der Waals surface area contributed by atoms with E-state index in [0.29, 0.717) is 17.1 Å². The maximum Gasteiger partial charge on any atom is 0.241 e. The topological polar surface area (TPSA) is 67.6 Å². The number of nitrogens with two attached hydrogens (primary N) is 1. The van der Waals surface area contributed by atoms with Crippen LogP contribution in [0.2, 0.25) is 0 Å². The minimum Gasteiger partial charge on any atom is -0.495 e. The molecule has 1 aromatic rings. The maximum atomic E-state index is 12.5. The molecule has 116 valence electrons. The van der Waals surface area contributed by atoms with Gasteiger partial charge in [0.05, 0.1) is 18.8 Å². The van der Waals surface area contributed by atoms with Crippen LogP contribution in [0.3, 0.4) is 0 Å². The molecular weight excluding hydrogens is 266 g/mol. The highest BCUT2D eigenvalue weighted by molar-refractivity contribution is 5.96. The number of benzene rings is 1. The number of nitrogens with one attached hydrogen (secondary N) is 1. The SMILES string of the molecule is COc1ccc(N)cc1NC(=O)C(C)N1CCCCCC1. The van der Waals surface area contributed by atoms with Crippen molar-refractivity contribution in [2.24, 2.45) is 0 Å². The molecule has 1 atom stereocenters. The maximum absolute atomic E-state index is 12.5. The number of amides is 1. The molecule has 1 aliphatic heterocycles. The van der Waals surface area contributed by atoms with Crippen LogP contribution in [-0.2, 0) is 4.79 Å². The summed E-state index contributed by atoms with van der Waals surface area (Å²) in [4.78, 5) is 14.7. The third kappa shape index (κ3) is 4.11. The average molecular weight is 291 g/mol. The molecule has 1 amide bonds. The van der Waals surface area contributed by atoms with Crippen LogP contribution in [0.15, 0.2) is 18.2 Å². The first-order valence-electron chi connectivity index (χ1n) is 7.60. The van der Waals surface area contributed by atoms with Crippen LogP contribution in [0.5, 0.6) is 5.75 Å². The van der Waals surface area contributed by atoms with E-state index >= 15 is 0 Å². The van der Waals surface area contributed by atoms with Crippen molar-refractivity contribution in [1.82, 2.24) is 4.90 Å². The third-order valence-corrected chi connectivity index (χ3v) is 4.05. The third-order valence-electron chi connectivity index (χ3n) is 4.05. The van der Waals surface area contributed by atoms with E-state index in [9.17, 15) is 4.79 Å². The van der Waals surface area contributed by atoms with Crippen molar-refractivity contribution in [3.63, 3.8) is 0 Å². The smallest absolute Gasteiger partial charge is 0.241 e. The zero-order valence-electron chi connectivity index (χ0n) is 12.9. The molecule has 1 aromatic carbocycles. The molecule has 5 nitrogen and oxygen atoms in total. The molecule has 0 bridgehead atoms. The van der Waals surface area contributed by atoms with Gasteiger partial charge in [0.1, 0.15) is 5.75 Å². The summed E-state index contributed by atoms with van der Waals surface area (Å²) in [6.45, 7) is 3.94. The molecule has 21 heavy (non-hydrogen) atoms. The molecule has 0 aliphatic carbocycles. The van der Waals surface area contributed by atoms with Gasteiger partial charge in [-0.1, -0.05) is 12.8 Å². The fourth-order valence-electron chi connectivity index (χ4n) is 2.71. The molecule has 1 heterocycles. The van der Waals surface area contributed by atoms with Gasteiger partial charge in [-0.05, 0) is 51.1 Å². The Morgan fingerprint density at radius 1 is 1.29 bits per heavy atom. The summed E-state index contributed by atoms with van der Waals surface area (Å²) in [5.41, 5.74) is 7.01. The van der Waals surface area contributed by atoms with Crippen LogP contribution < -0.4 is 15.8 Å². The largest absolute Gasteiger partial charge is 0.495 e. The second kappa shape index (κ2) is 7.31. The zero-order valence-corrected chi connectivity index (χ0v) is 12.9. The summed E-state index contributed by atoms with van der Waals surface area (Å²) in [6, 6.07) is 5.11. The quantitative estimate of drug-likeness (QED) is 0.836. The van der Waals surface area contributed by atoms with Gasteiger partial charge in [-0.3, -0.25) is 9.69 Å². The molecule has 3 N–H and O–H groups in total. The first-order chi connectivity index (χ1) is 10.1. The van der Waals surface area contributed by atoms with Gasteiger partial charge in [-0.15, -0.1) is 0 Å². The summed E-state index contributed by atoms with van der Waals surface area (Å²) < 4.78 is 5.26. The Hall–Kier alpha value is -1.75. The summed E-state index contributed by atoms with van der Waals surface area (Å²) in [5.74, 6) is 0.612. The van der Waals surface area contributed by atoms with Crippen molar-refractivity contribution in [2.45, 2.75) is 38.6 Å². The van der Waals surface area contributed by atoms with E-state index < -0.39 is 0 Å². The minimum atomic E-state index is -0.144. The van der Waals surface area contributed by atoms with E-state index in [1.54, 1.807) is 25.3 Å². The van der Waals surface area contributed by atoms with E-state index in [0.717, 1.165) is 13.1 Å². The Labute approximate surface area is 126 Å². The lowest BCUT2D eigenvalue weighted by Gasteiger charge is -2.26. The van der Waals surface area contributed by atoms with Gasteiger partial charge in [0.15, 0.2) is 0 Å². The van der Waals surface area contributed by atoms with E-state index in [2.05, 4.69) is 10.2 Å². The number of carbonyl (C=O) groups excluding carboxylic acids is 1. The van der Waals surface area contributed by atoms with Crippen LogP contribution in [0.4, 0.5) is 11.4 Å². The highest BCUT2D eigenvalue weighted by Gasteiger charge is 2.22. The molecule has 1 saturated heterocycles. The van der Waals surface area contributed by atoms with Crippen molar-refractivity contribution >= 4 is 17.3 Å². The average Bonchev–Trinajstić information content (AvgIpc) is 2.75. The van der Waals surface area contributed by atoms with Crippen molar-refractivity contribution in [3.05, 3.63) is 18.2 Å². The molecule has 0 radical (unpaired) electrons. The number of hydrogen-bond donors (Lipinski definition) is 2. The number of ether oxygens (including phenoxy) is 1. The fourth-order valence-corrected chi connectivity index (χ4v) is 2.71. The standard InChI is InChI=1S/C16H25N3O2/c1-12(19-9-5-3-4-6-10-19)16(20)18-14-11-13(17)7-8-15(14)21-2/h7-8,11-12H,3-6,9-10,17H2,1-2H3,(H,18,20). The predicted molar refractivity (Wildman–Crippen MR) is 85.5 cm³/mol. The molecule has 1 unspecified atom stereocenters. The minimum absolute atomic E-state index is 0.0131. The Bertz CT molecular complexity index is 482. The molecule has 1 aliphatic rings. The van der Waals surface area contributed by atoms with Gasteiger partial charge in [0.25, 0.3) is 0 Å². The van der Waals surface area contributed by atoms with E-state index in [-0.39, 0.29) is 11.9 Å². The zero-order chi connectivity index (χ0) is 15.2. The number of nitrogens with zero attached hydrogens (tertiary/aromatic N) is 1. The molecule has 2 rings (SSSR count). The molecule has 0 spiro atoms. The molecule has 5 heteroatoms. The Morgan fingerprint density at radius 2 is 1.95 bits per heavy atom. The number of nitrogen functional groups attached to an aromatic ring is 1. The lowest BCUT2D eigenvalue weighted by atomic mass is 10.2. The highest BCUT2D eigenvalue weighted by Crippen LogP contribution is 2.27. The van der Waals surface area contributed by atoms with Gasteiger partial charge >= 0.3 is 0 Å². The number of hydrogen-bond acceptors (Lipinski definition) is 4. The molecule has 1 fully saturated rings. The first kappa shape index (κ1) is 15.6. The number of rotatable bonds is 4. The highest BCUT2D eigenvalue weighted by atomic mass is 16.5. The first-order valence-corrected chi connectivity index (χ1v) is 7.60. The van der Waals surface area contributed by atoms with Crippen molar-refractivity contribution in [1.29, 1.82) is 0 Å². The fraction of sp³-hybridized carbons (Fsp3) is 0.562. The predicted octanol–water partition coefficient (Wildman–Crippen LogP) is 2.48. The molecular formula is C16H25N3O2. The van der Waals surface area contributed by atoms with E-state index in [1.165, 1.54) is 25.7 Å². The lowest BCUT2D eigenvalue weighted by molar-refractivity contribution is -0.120. The Morgan fingerprint density at radius 3 is 2.57 bits per heavy atom. The van der Waals surface area contributed by atoms with E-state index in [1.807, 2.05) is 6.92 Å². The Kier molecular flexibility index (Phi) is 5.44. The van der Waals surface area contributed by atoms with Crippen LogP contribution in [-0.4, -0.2) is 37.0 Å². The molecule has 0 aromatic heterocycles. The summed E-state index contributed by atoms with van der Waals surface area (Å²) in [6.07, 6.45) is 4.85. The molecule has 0 saturated carbocycles. The summed E-state index contributed by atoms with van der Waals surface area (Å²) >= 11 is 0. The van der Waals surface area contributed by atoms with Crippen molar-refractivity contribution in [3.8, 4) is 5.75 Å². The summed E-state index contributed by atoms with van der Waals surface area (Å²) in [7, 11) is 1.58. The van der Waals surface area contributed by atoms with Crippen LogP contribution in [0.1, 0.15) is 32.6 Å². The monoisotopic (exact) mass is 291 g/mol. The second-order valence-electron chi connectivity index (χ2n) is 5.58. The lowest BCUT2D eigenvalue weighted by Crippen LogP contribution is -2.42. The van der Waals surface area contributed by atoms with Crippen LogP contribution in [0.25, 0.3) is 0 Å².